The predicted octanol–water partition coefficient (Wildman–Crippen LogP) is 5.28. The molecule has 0 aromatic heterocycles. The Kier molecular flexibility index (Phi) is 6.02. The third-order valence-corrected chi connectivity index (χ3v) is 7.35. The molecule has 3 aliphatic rings. The fourth-order valence-corrected chi connectivity index (χ4v) is 5.87. The van der Waals surface area contributed by atoms with Crippen LogP contribution in [0.2, 0.25) is 0 Å². The molecule has 1 aliphatic carbocycles. The summed E-state index contributed by atoms with van der Waals surface area (Å²) in [4.78, 5) is 15.1. The van der Waals surface area contributed by atoms with E-state index in [0.29, 0.717) is 39.1 Å². The van der Waals surface area contributed by atoms with E-state index in [9.17, 15) is 9.90 Å². The number of piperidine rings is 1. The van der Waals surface area contributed by atoms with Gasteiger partial charge in [-0.15, -0.1) is 0 Å². The molecule has 174 valence electrons. The van der Waals surface area contributed by atoms with E-state index in [2.05, 4.69) is 56.3 Å². The number of aliphatic hydroxyl groups is 1. The van der Waals surface area contributed by atoms with E-state index in [1.165, 1.54) is 27.8 Å². The highest BCUT2D eigenvalue weighted by Crippen LogP contribution is 2.45. The molecule has 0 saturated carbocycles. The zero-order valence-electron chi connectivity index (χ0n) is 19.5. The van der Waals surface area contributed by atoms with Crippen LogP contribution in [0.3, 0.4) is 0 Å². The molecule has 2 aromatic rings. The van der Waals surface area contributed by atoms with Gasteiger partial charge in [0.15, 0.2) is 0 Å². The molecule has 2 bridgehead atoms. The van der Waals surface area contributed by atoms with E-state index >= 15 is 0 Å². The second-order valence-electron chi connectivity index (χ2n) is 10.0. The van der Waals surface area contributed by atoms with Crippen LogP contribution < -0.4 is 0 Å². The molecular formula is C28H33NO4. The van der Waals surface area contributed by atoms with Gasteiger partial charge in [-0.1, -0.05) is 60.2 Å². The number of fused-ring (bicyclic) bond motifs is 5. The quantitative estimate of drug-likeness (QED) is 0.634. The number of morpholine rings is 1. The monoisotopic (exact) mass is 447 g/mol. The Morgan fingerprint density at radius 2 is 1.64 bits per heavy atom. The van der Waals surface area contributed by atoms with Crippen molar-refractivity contribution in [1.82, 2.24) is 4.90 Å². The molecular weight excluding hydrogens is 414 g/mol. The van der Waals surface area contributed by atoms with Crippen molar-refractivity contribution in [2.75, 3.05) is 19.8 Å². The smallest absolute Gasteiger partial charge is 0.410 e. The molecule has 5 heteroatoms. The van der Waals surface area contributed by atoms with Gasteiger partial charge in [0.2, 0.25) is 0 Å². The molecule has 2 atom stereocenters. The lowest BCUT2D eigenvalue weighted by Crippen LogP contribution is -2.63. The zero-order chi connectivity index (χ0) is 23.0. The molecule has 2 aliphatic heterocycles. The molecule has 2 fully saturated rings. The summed E-state index contributed by atoms with van der Waals surface area (Å²) in [6.45, 7) is 5.37. The summed E-state index contributed by atoms with van der Waals surface area (Å²) in [7, 11) is 0. The van der Waals surface area contributed by atoms with E-state index in [4.69, 9.17) is 9.47 Å². The summed E-state index contributed by atoms with van der Waals surface area (Å²) in [5.41, 5.74) is 5.37. The van der Waals surface area contributed by atoms with Crippen LogP contribution in [-0.4, -0.2) is 53.6 Å². The van der Waals surface area contributed by atoms with E-state index in [-0.39, 0.29) is 24.1 Å². The van der Waals surface area contributed by atoms with E-state index < -0.39 is 5.60 Å². The summed E-state index contributed by atoms with van der Waals surface area (Å²) in [6.07, 6.45) is 4.51. The van der Waals surface area contributed by atoms with Crippen molar-refractivity contribution in [3.8, 4) is 11.1 Å². The summed E-state index contributed by atoms with van der Waals surface area (Å²) < 4.78 is 11.7. The molecule has 33 heavy (non-hydrogen) atoms. The van der Waals surface area contributed by atoms with Gasteiger partial charge in [-0.25, -0.2) is 4.79 Å². The van der Waals surface area contributed by atoms with Gasteiger partial charge in [-0.05, 0) is 61.8 Å². The second kappa shape index (κ2) is 8.96. The lowest BCUT2D eigenvalue weighted by atomic mass is 9.78. The Hall–Kier alpha value is -2.63. The predicted molar refractivity (Wildman–Crippen MR) is 128 cm³/mol. The first-order valence-corrected chi connectivity index (χ1v) is 12.0. The van der Waals surface area contributed by atoms with Gasteiger partial charge in [0.1, 0.15) is 6.61 Å². The highest BCUT2D eigenvalue weighted by atomic mass is 16.6. The minimum absolute atomic E-state index is 0.0447. The molecule has 5 nitrogen and oxygen atoms in total. The highest BCUT2D eigenvalue weighted by Gasteiger charge is 2.48. The first kappa shape index (κ1) is 22.2. The first-order valence-electron chi connectivity index (χ1n) is 12.0. The zero-order valence-corrected chi connectivity index (χ0v) is 19.5. The lowest BCUT2D eigenvalue weighted by Gasteiger charge is -2.51. The third kappa shape index (κ3) is 4.32. The van der Waals surface area contributed by atoms with Gasteiger partial charge in [0.05, 0.1) is 30.9 Å². The van der Waals surface area contributed by atoms with Gasteiger partial charge >= 0.3 is 6.09 Å². The molecule has 1 amide bonds. The maximum Gasteiger partial charge on any atom is 0.410 e. The number of carbonyl (C=O) groups excluding carboxylic acids is 1. The molecule has 5 rings (SSSR count). The maximum absolute atomic E-state index is 13.3. The normalized spacial score (nSPS) is 25.8. The number of hydrogen-bond donors (Lipinski definition) is 1. The van der Waals surface area contributed by atoms with Crippen molar-refractivity contribution in [3.63, 3.8) is 0 Å². The standard InChI is InChI=1S/C28H33NO4/c1-19(2)8-7-13-28(31)14-20-16-32-17-21(15-28)29(20)27(30)33-18-26-24-11-5-3-9-22(24)23-10-4-6-12-25(23)26/h3-6,8-12,20-21,26,31H,7,13-18H2,1-2H3. The molecule has 2 heterocycles. The Bertz CT molecular complexity index is 998. The van der Waals surface area contributed by atoms with Gasteiger partial charge in [-0.2, -0.15) is 0 Å². The SMILES string of the molecule is CC(C)=CCCC1(O)CC2COCC(C1)N2C(=O)OCC1c2ccccc2-c2ccccc21. The van der Waals surface area contributed by atoms with Crippen LogP contribution in [0, 0.1) is 0 Å². The van der Waals surface area contributed by atoms with Gasteiger partial charge in [0, 0.05) is 5.92 Å². The highest BCUT2D eigenvalue weighted by molar-refractivity contribution is 5.79. The number of ether oxygens (including phenoxy) is 2. The fraction of sp³-hybridized carbons (Fsp3) is 0.464. The third-order valence-electron chi connectivity index (χ3n) is 7.35. The molecule has 0 spiro atoms. The Morgan fingerprint density at radius 1 is 1.06 bits per heavy atom. The lowest BCUT2D eigenvalue weighted by molar-refractivity contribution is -0.134. The average Bonchev–Trinajstić information content (AvgIpc) is 3.10. The minimum atomic E-state index is -0.759. The van der Waals surface area contributed by atoms with Crippen LogP contribution in [-0.2, 0) is 9.47 Å². The molecule has 0 radical (unpaired) electrons. The number of allylic oxidation sites excluding steroid dienone is 2. The topological polar surface area (TPSA) is 59.0 Å². The Morgan fingerprint density at radius 3 is 2.21 bits per heavy atom. The molecule has 2 saturated heterocycles. The Labute approximate surface area is 196 Å². The number of hydrogen-bond acceptors (Lipinski definition) is 4. The number of rotatable bonds is 5. The largest absolute Gasteiger partial charge is 0.448 e. The average molecular weight is 448 g/mol. The number of carbonyl (C=O) groups is 1. The fourth-order valence-electron chi connectivity index (χ4n) is 5.87. The van der Waals surface area contributed by atoms with E-state index in [1.54, 1.807) is 0 Å². The van der Waals surface area contributed by atoms with Crippen LogP contribution in [0.15, 0.2) is 60.2 Å². The van der Waals surface area contributed by atoms with Gasteiger partial charge in [0.25, 0.3) is 0 Å². The van der Waals surface area contributed by atoms with Crippen LogP contribution in [0.1, 0.15) is 56.6 Å². The van der Waals surface area contributed by atoms with Crippen LogP contribution in [0.4, 0.5) is 4.79 Å². The van der Waals surface area contributed by atoms with Crippen LogP contribution >= 0.6 is 0 Å². The second-order valence-corrected chi connectivity index (χ2v) is 10.0. The van der Waals surface area contributed by atoms with Crippen molar-refractivity contribution >= 4 is 6.09 Å². The van der Waals surface area contributed by atoms with Crippen LogP contribution in [0.25, 0.3) is 11.1 Å². The van der Waals surface area contributed by atoms with Crippen molar-refractivity contribution < 1.29 is 19.4 Å². The maximum atomic E-state index is 13.3. The van der Waals surface area contributed by atoms with Crippen LogP contribution in [0.5, 0.6) is 0 Å². The number of amides is 1. The van der Waals surface area contributed by atoms with Crippen molar-refractivity contribution in [3.05, 3.63) is 71.3 Å². The number of benzene rings is 2. The molecule has 2 aromatic carbocycles. The summed E-state index contributed by atoms with van der Waals surface area (Å²) in [5, 5.41) is 11.2. The van der Waals surface area contributed by atoms with E-state index in [1.807, 2.05) is 17.0 Å². The number of nitrogens with zero attached hydrogens (tertiary/aromatic N) is 1. The summed E-state index contributed by atoms with van der Waals surface area (Å²) in [6, 6.07) is 16.4. The molecule has 2 unspecified atom stereocenters. The van der Waals surface area contributed by atoms with Crippen molar-refractivity contribution in [2.24, 2.45) is 0 Å². The van der Waals surface area contributed by atoms with E-state index in [0.717, 1.165) is 6.42 Å². The van der Waals surface area contributed by atoms with Crippen molar-refractivity contribution in [1.29, 1.82) is 0 Å². The minimum Gasteiger partial charge on any atom is -0.448 e. The first-order chi connectivity index (χ1) is 16.0. The Balaban J connectivity index is 1.28. The van der Waals surface area contributed by atoms with Gasteiger partial charge in [-0.3, -0.25) is 4.90 Å². The summed E-state index contributed by atoms with van der Waals surface area (Å²) >= 11 is 0. The molecule has 1 N–H and O–H groups in total. The summed E-state index contributed by atoms with van der Waals surface area (Å²) in [5.74, 6) is 0.0447. The van der Waals surface area contributed by atoms with Crippen molar-refractivity contribution in [2.45, 2.75) is 63.1 Å². The van der Waals surface area contributed by atoms with Gasteiger partial charge < -0.3 is 14.6 Å².